The Morgan fingerprint density at radius 2 is 2.00 bits per heavy atom. The highest BCUT2D eigenvalue weighted by atomic mass is 16.6. The van der Waals surface area contributed by atoms with Gasteiger partial charge in [-0.3, -0.25) is 24.6 Å². The van der Waals surface area contributed by atoms with Gasteiger partial charge >= 0.3 is 5.97 Å². The molecule has 120 valence electrons. The summed E-state index contributed by atoms with van der Waals surface area (Å²) in [6.45, 7) is -0.590. The Labute approximate surface area is 128 Å². The van der Waals surface area contributed by atoms with Crippen LogP contribution in [0.4, 0.5) is 11.4 Å². The second-order valence-corrected chi connectivity index (χ2v) is 4.53. The zero-order valence-corrected chi connectivity index (χ0v) is 11.6. The van der Waals surface area contributed by atoms with Gasteiger partial charge in [0.1, 0.15) is 5.70 Å². The van der Waals surface area contributed by atoms with E-state index in [9.17, 15) is 24.5 Å². The number of carbonyl (C=O) groups is 3. The summed E-state index contributed by atoms with van der Waals surface area (Å²) in [4.78, 5) is 45.4. The van der Waals surface area contributed by atoms with Crippen molar-refractivity contribution >= 4 is 29.2 Å². The molecule has 0 fully saturated rings. The van der Waals surface area contributed by atoms with Crippen LogP contribution in [0.1, 0.15) is 10.4 Å². The van der Waals surface area contributed by atoms with E-state index in [4.69, 9.17) is 10.2 Å². The van der Waals surface area contributed by atoms with Crippen LogP contribution in [-0.2, 0) is 9.59 Å². The third kappa shape index (κ3) is 3.32. The molecule has 10 heteroatoms. The molecule has 1 aliphatic heterocycles. The van der Waals surface area contributed by atoms with E-state index in [0.29, 0.717) is 0 Å². The molecule has 0 radical (unpaired) electrons. The predicted octanol–water partition coefficient (Wildman–Crippen LogP) is -0.0501. The molecule has 0 saturated heterocycles. The number of non-ortho nitro benzene ring substituents is 1. The van der Waals surface area contributed by atoms with E-state index in [2.05, 4.69) is 5.32 Å². The molecule has 0 aliphatic carbocycles. The van der Waals surface area contributed by atoms with Crippen molar-refractivity contribution in [3.63, 3.8) is 0 Å². The molecule has 10 nitrogen and oxygen atoms in total. The van der Waals surface area contributed by atoms with Crippen LogP contribution >= 0.6 is 0 Å². The van der Waals surface area contributed by atoms with E-state index < -0.39 is 35.0 Å². The van der Waals surface area contributed by atoms with Gasteiger partial charge in [-0.2, -0.15) is 0 Å². The van der Waals surface area contributed by atoms with Crippen LogP contribution in [-0.4, -0.2) is 51.0 Å². The highest BCUT2D eigenvalue weighted by Gasteiger charge is 2.31. The smallest absolute Gasteiger partial charge is 0.336 e. The molecule has 3 N–H and O–H groups in total. The summed E-state index contributed by atoms with van der Waals surface area (Å²) in [5.74, 6) is -2.73. The first-order chi connectivity index (χ1) is 10.8. The fraction of sp³-hybridized carbons (Fsp3) is 0.154. The number of nitrogens with zero attached hydrogens (tertiary/aromatic N) is 2. The number of nitro benzene ring substituents is 1. The Bertz CT molecular complexity index is 709. The number of amides is 2. The Kier molecular flexibility index (Phi) is 4.37. The second kappa shape index (κ2) is 6.23. The molecule has 0 saturated carbocycles. The number of carboxylic acids is 1. The first kappa shape index (κ1) is 16.1. The number of rotatable bonds is 6. The number of imide groups is 1. The van der Waals surface area contributed by atoms with E-state index in [1.54, 1.807) is 0 Å². The van der Waals surface area contributed by atoms with Crippen molar-refractivity contribution in [2.24, 2.45) is 0 Å². The van der Waals surface area contributed by atoms with Crippen LogP contribution in [0, 0.1) is 10.1 Å². The largest absolute Gasteiger partial charge is 0.478 e. The number of anilines is 1. The van der Waals surface area contributed by atoms with E-state index in [0.717, 1.165) is 29.2 Å². The molecular weight excluding hydrogens is 310 g/mol. The zero-order valence-electron chi connectivity index (χ0n) is 11.6. The van der Waals surface area contributed by atoms with Gasteiger partial charge in [-0.15, -0.1) is 0 Å². The molecule has 0 atom stereocenters. The minimum atomic E-state index is -1.37. The van der Waals surface area contributed by atoms with Crippen LogP contribution in [0.15, 0.2) is 30.0 Å². The lowest BCUT2D eigenvalue weighted by atomic mass is 10.1. The lowest BCUT2D eigenvalue weighted by Crippen LogP contribution is -2.34. The van der Waals surface area contributed by atoms with Gasteiger partial charge in [-0.25, -0.2) is 4.79 Å². The SMILES string of the molecule is O=C(O)c1cc(NC2=CC(=O)N(CCO)C2=O)cc([N+](=O)[O-])c1. The van der Waals surface area contributed by atoms with Crippen LogP contribution in [0.5, 0.6) is 0 Å². The number of aliphatic hydroxyl groups excluding tert-OH is 1. The minimum absolute atomic E-state index is 0.0187. The van der Waals surface area contributed by atoms with Crippen molar-refractivity contribution in [2.45, 2.75) is 0 Å². The van der Waals surface area contributed by atoms with Crippen molar-refractivity contribution < 1.29 is 29.5 Å². The number of aromatic carboxylic acids is 1. The second-order valence-electron chi connectivity index (χ2n) is 4.53. The Balaban J connectivity index is 2.32. The number of hydrogen-bond acceptors (Lipinski definition) is 7. The Morgan fingerprint density at radius 3 is 2.57 bits per heavy atom. The maximum atomic E-state index is 12.0. The third-order valence-corrected chi connectivity index (χ3v) is 2.99. The summed E-state index contributed by atoms with van der Waals surface area (Å²) in [5.41, 5.74) is -1.00. The lowest BCUT2D eigenvalue weighted by Gasteiger charge is -2.13. The molecule has 0 unspecified atom stereocenters. The van der Waals surface area contributed by atoms with Gasteiger partial charge in [-0.1, -0.05) is 0 Å². The fourth-order valence-corrected chi connectivity index (χ4v) is 1.98. The standard InChI is InChI=1S/C13H11N3O7/c17-2-1-15-11(18)6-10(12(15)19)14-8-3-7(13(20)21)4-9(5-8)16(22)23/h3-6,14,17H,1-2H2,(H,20,21). The number of carbonyl (C=O) groups excluding carboxylic acids is 2. The van der Waals surface area contributed by atoms with Gasteiger partial charge in [0.15, 0.2) is 0 Å². The van der Waals surface area contributed by atoms with Crippen molar-refractivity contribution in [2.75, 3.05) is 18.5 Å². The molecule has 2 amide bonds. The Hall–Kier alpha value is -3.27. The van der Waals surface area contributed by atoms with Crippen molar-refractivity contribution in [3.8, 4) is 0 Å². The molecule has 1 heterocycles. The summed E-state index contributed by atoms with van der Waals surface area (Å²) in [6, 6.07) is 3.02. The number of β-amino-alcohol motifs (C(OH)–C–C–N with tert-alkyl or cyclic N) is 1. The molecule has 1 aliphatic rings. The first-order valence-electron chi connectivity index (χ1n) is 6.31. The van der Waals surface area contributed by atoms with Gasteiger partial charge in [0, 0.05) is 23.9 Å². The van der Waals surface area contributed by atoms with Crippen LogP contribution in [0.3, 0.4) is 0 Å². The van der Waals surface area contributed by atoms with Gasteiger partial charge in [0.05, 0.1) is 23.6 Å². The van der Waals surface area contributed by atoms with Gasteiger partial charge in [-0.05, 0) is 6.07 Å². The number of nitrogens with one attached hydrogen (secondary N) is 1. The molecule has 0 spiro atoms. The van der Waals surface area contributed by atoms with Crippen molar-refractivity contribution in [1.82, 2.24) is 4.90 Å². The number of hydrogen-bond donors (Lipinski definition) is 3. The van der Waals surface area contributed by atoms with E-state index in [1.165, 1.54) is 0 Å². The summed E-state index contributed by atoms with van der Waals surface area (Å²) >= 11 is 0. The summed E-state index contributed by atoms with van der Waals surface area (Å²) in [6.07, 6.45) is 0.970. The van der Waals surface area contributed by atoms with Crippen LogP contribution in [0.2, 0.25) is 0 Å². The fourth-order valence-electron chi connectivity index (χ4n) is 1.98. The molecule has 23 heavy (non-hydrogen) atoms. The average molecular weight is 321 g/mol. The predicted molar refractivity (Wildman–Crippen MR) is 75.6 cm³/mol. The van der Waals surface area contributed by atoms with E-state index >= 15 is 0 Å². The minimum Gasteiger partial charge on any atom is -0.478 e. The summed E-state index contributed by atoms with van der Waals surface area (Å²) in [5, 5.41) is 31.1. The average Bonchev–Trinajstić information content (AvgIpc) is 2.75. The maximum Gasteiger partial charge on any atom is 0.336 e. The lowest BCUT2D eigenvalue weighted by molar-refractivity contribution is -0.384. The van der Waals surface area contributed by atoms with E-state index in [-0.39, 0.29) is 23.5 Å². The van der Waals surface area contributed by atoms with Crippen molar-refractivity contribution in [1.29, 1.82) is 0 Å². The Morgan fingerprint density at radius 1 is 1.30 bits per heavy atom. The number of aliphatic hydroxyl groups is 1. The monoisotopic (exact) mass is 321 g/mol. The van der Waals surface area contributed by atoms with Crippen molar-refractivity contribution in [3.05, 3.63) is 45.6 Å². The van der Waals surface area contributed by atoms with Gasteiger partial charge < -0.3 is 15.5 Å². The highest BCUT2D eigenvalue weighted by molar-refractivity contribution is 6.17. The normalized spacial score (nSPS) is 14.0. The van der Waals surface area contributed by atoms with Crippen LogP contribution < -0.4 is 5.32 Å². The first-order valence-corrected chi connectivity index (χ1v) is 6.31. The van der Waals surface area contributed by atoms with Crippen LogP contribution in [0.25, 0.3) is 0 Å². The summed E-state index contributed by atoms with van der Waals surface area (Å²) < 4.78 is 0. The topological polar surface area (TPSA) is 150 Å². The van der Waals surface area contributed by atoms with Gasteiger partial charge in [0.25, 0.3) is 17.5 Å². The molecule has 0 aromatic heterocycles. The molecule has 1 aromatic rings. The molecule has 1 aromatic carbocycles. The summed E-state index contributed by atoms with van der Waals surface area (Å²) in [7, 11) is 0. The molecule has 2 rings (SSSR count). The number of carboxylic acid groups (broad SMARTS) is 1. The zero-order chi connectivity index (χ0) is 17.1. The quantitative estimate of drug-likeness (QED) is 0.375. The van der Waals surface area contributed by atoms with E-state index in [1.807, 2.05) is 0 Å². The maximum absolute atomic E-state index is 12.0. The molecule has 0 bridgehead atoms. The number of benzene rings is 1. The molecular formula is C13H11N3O7. The third-order valence-electron chi connectivity index (χ3n) is 2.99. The number of nitro groups is 1. The van der Waals surface area contributed by atoms with Gasteiger partial charge in [0.2, 0.25) is 0 Å². The highest BCUT2D eigenvalue weighted by Crippen LogP contribution is 2.24.